The molecule has 1 fully saturated rings. The number of aromatic nitrogens is 1. The maximum Gasteiger partial charge on any atom is 0.318 e. The van der Waals surface area contributed by atoms with Crippen molar-refractivity contribution in [2.24, 2.45) is 0 Å². The number of urea groups is 1. The number of carbonyl (C=O) groups excluding carboxylic acids is 3. The molecule has 9 nitrogen and oxygen atoms in total. The predicted octanol–water partition coefficient (Wildman–Crippen LogP) is 5.38. The zero-order valence-electron chi connectivity index (χ0n) is 26.2. The number of aryl methyl sites for hydroxylation is 1. The highest BCUT2D eigenvalue weighted by Gasteiger charge is 2.33. The molecule has 0 saturated carbocycles. The van der Waals surface area contributed by atoms with Crippen LogP contribution in [0, 0.1) is 6.92 Å². The van der Waals surface area contributed by atoms with Crippen molar-refractivity contribution in [3.8, 4) is 0 Å². The molecular formula is C35H42N6O3. The van der Waals surface area contributed by atoms with E-state index in [4.69, 9.17) is 0 Å². The molecule has 0 spiro atoms. The number of hydrogen-bond donors (Lipinski definition) is 3. The summed E-state index contributed by atoms with van der Waals surface area (Å²) >= 11 is 0. The molecule has 5 rings (SSSR count). The average molecular weight is 595 g/mol. The first-order valence-electron chi connectivity index (χ1n) is 15.1. The molecule has 0 unspecified atom stereocenters. The van der Waals surface area contributed by atoms with Gasteiger partial charge in [-0.3, -0.25) is 9.59 Å². The normalized spacial score (nSPS) is 14.9. The SMILES string of the molecule is CC(=O)c1ccc(CN(C)C)cc1NC(=O)[C@H](NC(=O)N1CCN(c2ccccc2C)CC1)[C@@H](C)c1c[nH]c2ccccc12. The number of amides is 3. The van der Waals surface area contributed by atoms with E-state index in [1.54, 1.807) is 11.0 Å². The van der Waals surface area contributed by atoms with Crippen LogP contribution in [0.4, 0.5) is 16.2 Å². The Morgan fingerprint density at radius 1 is 0.955 bits per heavy atom. The fourth-order valence-corrected chi connectivity index (χ4v) is 6.04. The summed E-state index contributed by atoms with van der Waals surface area (Å²) in [5, 5.41) is 7.08. The number of ketones is 1. The van der Waals surface area contributed by atoms with E-state index in [1.165, 1.54) is 18.2 Å². The minimum atomic E-state index is -0.895. The van der Waals surface area contributed by atoms with Gasteiger partial charge in [0.2, 0.25) is 5.91 Å². The highest BCUT2D eigenvalue weighted by Crippen LogP contribution is 2.29. The van der Waals surface area contributed by atoms with Crippen LogP contribution in [0.15, 0.2) is 72.9 Å². The number of carbonyl (C=O) groups is 3. The van der Waals surface area contributed by atoms with Gasteiger partial charge in [-0.1, -0.05) is 49.4 Å². The van der Waals surface area contributed by atoms with Gasteiger partial charge in [0.25, 0.3) is 0 Å². The van der Waals surface area contributed by atoms with Crippen LogP contribution in [-0.4, -0.2) is 78.8 Å². The van der Waals surface area contributed by atoms with Crippen molar-refractivity contribution in [3.63, 3.8) is 0 Å². The summed E-state index contributed by atoms with van der Waals surface area (Å²) in [6.07, 6.45) is 1.90. The fourth-order valence-electron chi connectivity index (χ4n) is 6.04. The van der Waals surface area contributed by atoms with E-state index in [-0.39, 0.29) is 23.6 Å². The van der Waals surface area contributed by atoms with Gasteiger partial charge in [0.15, 0.2) is 5.78 Å². The maximum atomic E-state index is 14.1. The number of Topliss-reactive ketones (excluding diaryl/α,β-unsaturated/α-hetero) is 1. The van der Waals surface area contributed by atoms with Gasteiger partial charge in [-0.15, -0.1) is 0 Å². The maximum absolute atomic E-state index is 14.1. The van der Waals surface area contributed by atoms with E-state index in [0.717, 1.165) is 22.0 Å². The molecule has 1 aliphatic rings. The molecular weight excluding hydrogens is 552 g/mol. The summed E-state index contributed by atoms with van der Waals surface area (Å²) in [6.45, 7) is 8.67. The second-order valence-electron chi connectivity index (χ2n) is 11.9. The van der Waals surface area contributed by atoms with Crippen LogP contribution < -0.4 is 15.5 Å². The summed E-state index contributed by atoms with van der Waals surface area (Å²) < 4.78 is 0. The zero-order valence-corrected chi connectivity index (χ0v) is 26.2. The van der Waals surface area contributed by atoms with E-state index in [1.807, 2.05) is 80.6 Å². The van der Waals surface area contributed by atoms with Crippen molar-refractivity contribution >= 4 is 40.0 Å². The molecule has 1 aliphatic heterocycles. The Hall–Kier alpha value is -4.63. The quantitative estimate of drug-likeness (QED) is 0.226. The molecule has 0 aliphatic carbocycles. The van der Waals surface area contributed by atoms with Gasteiger partial charge in [0, 0.05) is 67.0 Å². The van der Waals surface area contributed by atoms with E-state index in [2.05, 4.69) is 39.6 Å². The van der Waals surface area contributed by atoms with Gasteiger partial charge in [-0.05, 0) is 68.9 Å². The van der Waals surface area contributed by atoms with Crippen LogP contribution in [0.5, 0.6) is 0 Å². The van der Waals surface area contributed by atoms with E-state index >= 15 is 0 Å². The van der Waals surface area contributed by atoms with Gasteiger partial charge >= 0.3 is 6.03 Å². The molecule has 3 amide bonds. The third kappa shape index (κ3) is 6.78. The van der Waals surface area contributed by atoms with Crippen LogP contribution in [0.25, 0.3) is 10.9 Å². The fraction of sp³-hybridized carbons (Fsp3) is 0.343. The third-order valence-electron chi connectivity index (χ3n) is 8.42. The Balaban J connectivity index is 1.39. The third-order valence-corrected chi connectivity index (χ3v) is 8.42. The Labute approximate surface area is 259 Å². The lowest BCUT2D eigenvalue weighted by molar-refractivity contribution is -0.118. The molecule has 2 atom stereocenters. The van der Waals surface area contributed by atoms with E-state index in [0.29, 0.717) is 44.0 Å². The smallest absolute Gasteiger partial charge is 0.318 e. The highest BCUT2D eigenvalue weighted by atomic mass is 16.2. The van der Waals surface area contributed by atoms with Crippen molar-refractivity contribution < 1.29 is 14.4 Å². The largest absolute Gasteiger partial charge is 0.368 e. The molecule has 0 radical (unpaired) electrons. The molecule has 1 saturated heterocycles. The van der Waals surface area contributed by atoms with E-state index < -0.39 is 6.04 Å². The summed E-state index contributed by atoms with van der Waals surface area (Å²) in [7, 11) is 3.93. The lowest BCUT2D eigenvalue weighted by Crippen LogP contribution is -2.56. The second kappa shape index (κ2) is 13.3. The molecule has 3 N–H and O–H groups in total. The number of para-hydroxylation sites is 2. The highest BCUT2D eigenvalue weighted by molar-refractivity contribution is 6.06. The van der Waals surface area contributed by atoms with Crippen molar-refractivity contribution in [2.45, 2.75) is 39.3 Å². The van der Waals surface area contributed by atoms with Gasteiger partial charge in [-0.25, -0.2) is 4.79 Å². The number of fused-ring (bicyclic) bond motifs is 1. The minimum absolute atomic E-state index is 0.145. The van der Waals surface area contributed by atoms with Gasteiger partial charge in [0.05, 0.1) is 5.69 Å². The standard InChI is InChI=1S/C35H42N6O3/c1-23-10-6-9-13-32(23)40-16-18-41(19-17-40)35(44)38-33(24(2)29-21-36-30-12-8-7-11-28(29)30)34(43)37-31-20-26(22-39(4)5)14-15-27(31)25(3)42/h6-15,20-21,24,33,36H,16-19,22H2,1-5H3,(H,37,43)(H,38,44)/t24-,33+/m0/s1. The number of nitrogens with zero attached hydrogens (tertiary/aromatic N) is 3. The Kier molecular flexibility index (Phi) is 9.35. The predicted molar refractivity (Wildman–Crippen MR) is 176 cm³/mol. The van der Waals surface area contributed by atoms with Crippen LogP contribution in [0.2, 0.25) is 0 Å². The number of rotatable bonds is 9. The van der Waals surface area contributed by atoms with Crippen LogP contribution in [-0.2, 0) is 11.3 Å². The molecule has 9 heteroatoms. The van der Waals surface area contributed by atoms with Crippen molar-refractivity contribution in [3.05, 3.63) is 95.2 Å². The van der Waals surface area contributed by atoms with Crippen LogP contribution in [0.3, 0.4) is 0 Å². The van der Waals surface area contributed by atoms with Crippen molar-refractivity contribution in [1.82, 2.24) is 20.1 Å². The Bertz CT molecular complexity index is 1650. The first-order chi connectivity index (χ1) is 21.1. The Morgan fingerprint density at radius 3 is 2.36 bits per heavy atom. The number of benzene rings is 3. The number of H-pyrrole nitrogens is 1. The summed E-state index contributed by atoms with van der Waals surface area (Å²) in [6, 6.07) is 20.5. The lowest BCUT2D eigenvalue weighted by atomic mass is 9.92. The monoisotopic (exact) mass is 594 g/mol. The van der Waals surface area contributed by atoms with Gasteiger partial charge in [0.1, 0.15) is 6.04 Å². The summed E-state index contributed by atoms with van der Waals surface area (Å²) in [5.74, 6) is -0.887. The van der Waals surface area contributed by atoms with Crippen molar-refractivity contribution in [2.75, 3.05) is 50.5 Å². The Morgan fingerprint density at radius 2 is 1.66 bits per heavy atom. The topological polar surface area (TPSA) is 101 Å². The molecule has 1 aromatic heterocycles. The molecule has 3 aromatic carbocycles. The zero-order chi connectivity index (χ0) is 31.4. The molecule has 44 heavy (non-hydrogen) atoms. The summed E-state index contributed by atoms with van der Waals surface area (Å²) in [4.78, 5) is 49.7. The van der Waals surface area contributed by atoms with Gasteiger partial charge < -0.3 is 30.3 Å². The number of aromatic amines is 1. The minimum Gasteiger partial charge on any atom is -0.368 e. The summed E-state index contributed by atoms with van der Waals surface area (Å²) in [5.41, 5.74) is 6.11. The van der Waals surface area contributed by atoms with Gasteiger partial charge in [-0.2, -0.15) is 0 Å². The lowest BCUT2D eigenvalue weighted by Gasteiger charge is -2.37. The average Bonchev–Trinajstić information content (AvgIpc) is 3.44. The van der Waals surface area contributed by atoms with Crippen LogP contribution in [0.1, 0.15) is 46.8 Å². The first-order valence-corrected chi connectivity index (χ1v) is 15.1. The molecule has 230 valence electrons. The molecule has 2 heterocycles. The number of piperazine rings is 1. The number of anilines is 2. The molecule has 0 bridgehead atoms. The number of hydrogen-bond acceptors (Lipinski definition) is 5. The van der Waals surface area contributed by atoms with Crippen LogP contribution >= 0.6 is 0 Å². The number of nitrogens with one attached hydrogen (secondary N) is 3. The van der Waals surface area contributed by atoms with Crippen molar-refractivity contribution in [1.29, 1.82) is 0 Å². The molecule has 4 aromatic rings. The second-order valence-corrected chi connectivity index (χ2v) is 11.9. The van der Waals surface area contributed by atoms with E-state index in [9.17, 15) is 14.4 Å². The first kappa shape index (κ1) is 30.8.